The van der Waals surface area contributed by atoms with Crippen molar-refractivity contribution in [2.45, 2.75) is 83.0 Å². The third-order valence-corrected chi connectivity index (χ3v) is 8.81. The fraction of sp³-hybridized carbons (Fsp3) is 0.594. The molecule has 1 heterocycles. The molecule has 1 saturated heterocycles. The number of unbranched alkanes of at least 4 members (excludes halogenated alkanes) is 1. The number of hydrogen-bond acceptors (Lipinski definition) is 5. The number of likely N-dealkylation sites (tertiary alicyclic amines) is 1. The Morgan fingerprint density at radius 2 is 2.03 bits per heavy atom. The lowest BCUT2D eigenvalue weighted by molar-refractivity contribution is -0.141. The van der Waals surface area contributed by atoms with Gasteiger partial charge < -0.3 is 25.6 Å². The molecule has 0 spiro atoms. The van der Waals surface area contributed by atoms with Crippen LogP contribution in [0.15, 0.2) is 36.4 Å². The summed E-state index contributed by atoms with van der Waals surface area (Å²) in [4.78, 5) is 15.3. The number of piperidine rings is 1. The fourth-order valence-electron chi connectivity index (χ4n) is 6.66. The first-order valence-corrected chi connectivity index (χ1v) is 14.5. The predicted octanol–water partition coefficient (Wildman–Crippen LogP) is 4.70. The average Bonchev–Trinajstić information content (AvgIpc) is 3.27. The summed E-state index contributed by atoms with van der Waals surface area (Å²) in [5.41, 5.74) is 8.64. The highest BCUT2D eigenvalue weighted by Crippen LogP contribution is 2.45. The summed E-state index contributed by atoms with van der Waals surface area (Å²) in [5.74, 6) is -0.908. The molecule has 1 aliphatic carbocycles. The van der Waals surface area contributed by atoms with Gasteiger partial charge in [0.05, 0.1) is 11.7 Å². The van der Waals surface area contributed by atoms with Gasteiger partial charge in [-0.05, 0) is 81.0 Å². The highest BCUT2D eigenvalue weighted by molar-refractivity contribution is 5.79. The zero-order chi connectivity index (χ0) is 28.2. The van der Waals surface area contributed by atoms with Gasteiger partial charge in [0.1, 0.15) is 5.82 Å². The van der Waals surface area contributed by atoms with Gasteiger partial charge >= 0.3 is 0 Å². The van der Waals surface area contributed by atoms with Crippen LogP contribution in [0.25, 0.3) is 11.1 Å². The molecule has 7 heteroatoms. The lowest BCUT2D eigenvalue weighted by Crippen LogP contribution is -2.49. The molecule has 2 aliphatic rings. The summed E-state index contributed by atoms with van der Waals surface area (Å²) in [7, 11) is 1.66. The summed E-state index contributed by atoms with van der Waals surface area (Å²) in [6.45, 7) is 5.69. The molecule has 0 unspecified atom stereocenters. The van der Waals surface area contributed by atoms with Crippen molar-refractivity contribution in [2.75, 3.05) is 26.8 Å². The Hall–Kier alpha value is -2.32. The molecule has 2 fully saturated rings. The molecule has 0 aromatic heterocycles. The number of halogens is 1. The molecule has 4 rings (SSSR count). The normalized spacial score (nSPS) is 25.1. The van der Waals surface area contributed by atoms with Gasteiger partial charge in [0.25, 0.3) is 0 Å². The molecule has 5 atom stereocenters. The fourth-order valence-corrected chi connectivity index (χ4v) is 6.66. The van der Waals surface area contributed by atoms with E-state index in [0.29, 0.717) is 56.5 Å². The molecule has 39 heavy (non-hydrogen) atoms. The minimum atomic E-state index is -1.33. The molecular formula is C32H45FN2O4. The zero-order valence-corrected chi connectivity index (χ0v) is 23.7. The number of aliphatic hydroxyl groups excluding tert-OH is 1. The van der Waals surface area contributed by atoms with Crippen LogP contribution in [0.1, 0.15) is 68.6 Å². The number of benzene rings is 2. The first kappa shape index (κ1) is 29.7. The minimum Gasteiger partial charge on any atom is -0.391 e. The topological polar surface area (TPSA) is 96.0 Å². The van der Waals surface area contributed by atoms with E-state index < -0.39 is 11.7 Å². The van der Waals surface area contributed by atoms with E-state index in [1.165, 1.54) is 6.07 Å². The molecule has 1 saturated carbocycles. The van der Waals surface area contributed by atoms with E-state index in [1.807, 2.05) is 30.0 Å². The predicted molar refractivity (Wildman–Crippen MR) is 152 cm³/mol. The maximum Gasteiger partial charge on any atom is 0.225 e. The van der Waals surface area contributed by atoms with Gasteiger partial charge in [0.2, 0.25) is 5.91 Å². The minimum absolute atomic E-state index is 0.000768. The highest BCUT2D eigenvalue weighted by Gasteiger charge is 2.44. The Kier molecular flexibility index (Phi) is 9.81. The monoisotopic (exact) mass is 540 g/mol. The Morgan fingerprint density at radius 1 is 1.23 bits per heavy atom. The molecule has 4 N–H and O–H groups in total. The molecule has 214 valence electrons. The van der Waals surface area contributed by atoms with Gasteiger partial charge in [-0.2, -0.15) is 0 Å². The molecule has 1 amide bonds. The second kappa shape index (κ2) is 12.9. The number of ether oxygens (including phenoxy) is 1. The number of nitrogens with zero attached hydrogens (tertiary/aromatic N) is 1. The number of amides is 1. The zero-order valence-electron chi connectivity index (χ0n) is 23.7. The van der Waals surface area contributed by atoms with Crippen LogP contribution in [0.5, 0.6) is 0 Å². The van der Waals surface area contributed by atoms with Crippen LogP contribution in [-0.2, 0) is 21.6 Å². The maximum absolute atomic E-state index is 15.7. The van der Waals surface area contributed by atoms with E-state index in [1.54, 1.807) is 13.2 Å². The number of nitrogens with two attached hydrogens (primary N) is 1. The van der Waals surface area contributed by atoms with Crippen LogP contribution in [0.4, 0.5) is 4.39 Å². The standard InChI is InChI=1S/C32H45FN2O4/c1-4-22-15-21(2)16-23(17-22)30-26(10-7-11-27(30)33)32(38,12-5-6-14-39-3)25-9-8-13-35(20-25)31(37)24-18-28(34)29(36)19-24/h7,10-11,15-17,24-25,28-29,36,38H,4-6,8-9,12-14,18-20,34H2,1-3H3/t24-,25+,28+,29-,32-/m0/s1. The smallest absolute Gasteiger partial charge is 0.225 e. The number of rotatable bonds is 10. The second-order valence-electron chi connectivity index (χ2n) is 11.6. The van der Waals surface area contributed by atoms with Crippen LogP contribution in [-0.4, -0.2) is 60.0 Å². The lowest BCUT2D eigenvalue weighted by atomic mass is 9.71. The van der Waals surface area contributed by atoms with Crippen LogP contribution in [0.2, 0.25) is 0 Å². The number of hydrogen-bond donors (Lipinski definition) is 3. The molecule has 2 aromatic rings. The van der Waals surface area contributed by atoms with Gasteiger partial charge in [0.15, 0.2) is 0 Å². The van der Waals surface area contributed by atoms with Crippen LogP contribution < -0.4 is 5.73 Å². The van der Waals surface area contributed by atoms with Crippen molar-refractivity contribution in [3.05, 3.63) is 58.9 Å². The van der Waals surface area contributed by atoms with Gasteiger partial charge in [-0.3, -0.25) is 4.79 Å². The van der Waals surface area contributed by atoms with E-state index >= 15 is 4.39 Å². The molecule has 0 radical (unpaired) electrons. The number of aryl methyl sites for hydroxylation is 2. The third-order valence-electron chi connectivity index (χ3n) is 8.81. The Labute approximate surface area is 232 Å². The van der Waals surface area contributed by atoms with Crippen LogP contribution >= 0.6 is 0 Å². The van der Waals surface area contributed by atoms with Gasteiger partial charge in [-0.1, -0.05) is 42.8 Å². The number of methoxy groups -OCH3 is 1. The summed E-state index contributed by atoms with van der Waals surface area (Å²) < 4.78 is 21.0. The average molecular weight is 541 g/mol. The molecule has 2 aromatic carbocycles. The first-order chi connectivity index (χ1) is 18.7. The lowest BCUT2D eigenvalue weighted by Gasteiger charge is -2.44. The van der Waals surface area contributed by atoms with Crippen molar-refractivity contribution in [2.24, 2.45) is 17.6 Å². The number of carbonyl (C=O) groups is 1. The van der Waals surface area contributed by atoms with Gasteiger partial charge in [0, 0.05) is 50.2 Å². The quantitative estimate of drug-likeness (QED) is 0.380. The second-order valence-corrected chi connectivity index (χ2v) is 11.6. The van der Waals surface area contributed by atoms with Crippen molar-refractivity contribution >= 4 is 5.91 Å². The first-order valence-electron chi connectivity index (χ1n) is 14.5. The Balaban J connectivity index is 1.71. The van der Waals surface area contributed by atoms with Crippen LogP contribution in [0, 0.1) is 24.6 Å². The largest absolute Gasteiger partial charge is 0.391 e. The molecule has 0 bridgehead atoms. The summed E-state index contributed by atoms with van der Waals surface area (Å²) in [6, 6.07) is 10.7. The third kappa shape index (κ3) is 6.54. The maximum atomic E-state index is 15.7. The van der Waals surface area contributed by atoms with Gasteiger partial charge in [-0.25, -0.2) is 4.39 Å². The summed E-state index contributed by atoms with van der Waals surface area (Å²) in [6.07, 6.45) is 4.46. The summed E-state index contributed by atoms with van der Waals surface area (Å²) >= 11 is 0. The Morgan fingerprint density at radius 3 is 2.72 bits per heavy atom. The highest BCUT2D eigenvalue weighted by atomic mass is 19.1. The summed E-state index contributed by atoms with van der Waals surface area (Å²) in [5, 5.41) is 22.7. The molecular weight excluding hydrogens is 495 g/mol. The van der Waals surface area contributed by atoms with Crippen molar-refractivity contribution in [3.8, 4) is 11.1 Å². The molecule has 1 aliphatic heterocycles. The van der Waals surface area contributed by atoms with E-state index in [0.717, 1.165) is 42.4 Å². The number of aliphatic hydroxyl groups is 2. The van der Waals surface area contributed by atoms with Crippen molar-refractivity contribution < 1.29 is 24.1 Å². The van der Waals surface area contributed by atoms with Crippen molar-refractivity contribution in [3.63, 3.8) is 0 Å². The van der Waals surface area contributed by atoms with Crippen molar-refractivity contribution in [1.29, 1.82) is 0 Å². The number of carbonyl (C=O) groups excluding carboxylic acids is 1. The Bertz CT molecular complexity index is 1130. The van der Waals surface area contributed by atoms with Gasteiger partial charge in [-0.15, -0.1) is 0 Å². The van der Waals surface area contributed by atoms with E-state index in [4.69, 9.17) is 10.5 Å². The van der Waals surface area contributed by atoms with Crippen molar-refractivity contribution in [1.82, 2.24) is 4.90 Å². The SMILES string of the molecule is CCc1cc(C)cc(-c2c(F)cccc2[C@](O)(CCCCOC)[C@@H]2CCCN(C(=O)[C@H]3C[C@@H](N)[C@@H](O)C3)C2)c1. The van der Waals surface area contributed by atoms with E-state index in [9.17, 15) is 15.0 Å². The van der Waals surface area contributed by atoms with E-state index in [-0.39, 0.29) is 29.6 Å². The molecule has 6 nitrogen and oxygen atoms in total. The van der Waals surface area contributed by atoms with E-state index in [2.05, 4.69) is 13.0 Å². The van der Waals surface area contributed by atoms with Crippen LogP contribution in [0.3, 0.4) is 0 Å².